The second-order valence-electron chi connectivity index (χ2n) is 7.44. The van der Waals surface area contributed by atoms with Crippen LogP contribution in [0.2, 0.25) is 0 Å². The van der Waals surface area contributed by atoms with Gasteiger partial charge >= 0.3 is 0 Å². The zero-order chi connectivity index (χ0) is 17.3. The molecule has 0 amide bonds. The number of likely N-dealkylation sites (tertiary alicyclic amines) is 1. The van der Waals surface area contributed by atoms with Crippen LogP contribution >= 0.6 is 0 Å². The van der Waals surface area contributed by atoms with Crippen LogP contribution in [-0.2, 0) is 4.74 Å². The molecular formula is C19H25N5O2. The first-order valence-corrected chi connectivity index (χ1v) is 9.77. The van der Waals surface area contributed by atoms with E-state index in [4.69, 9.17) is 14.2 Å². The van der Waals surface area contributed by atoms with Crippen molar-refractivity contribution < 1.29 is 9.26 Å². The van der Waals surface area contributed by atoms with E-state index in [-0.39, 0.29) is 0 Å². The Morgan fingerprint density at radius 2 is 1.92 bits per heavy atom. The quantitative estimate of drug-likeness (QED) is 0.835. The van der Waals surface area contributed by atoms with Crippen LogP contribution in [0.3, 0.4) is 0 Å². The van der Waals surface area contributed by atoms with Crippen molar-refractivity contribution in [1.82, 2.24) is 20.0 Å². The first-order valence-electron chi connectivity index (χ1n) is 9.77. The largest absolute Gasteiger partial charge is 0.378 e. The molecule has 4 heterocycles. The second-order valence-corrected chi connectivity index (χ2v) is 7.44. The minimum absolute atomic E-state index is 0.294. The van der Waals surface area contributed by atoms with Crippen molar-refractivity contribution in [2.45, 2.75) is 44.2 Å². The van der Waals surface area contributed by atoms with Crippen molar-refractivity contribution in [3.05, 3.63) is 24.2 Å². The standard InChI is InChI=1S/C19H25N5O2/c1-3-15(4-1)24-8-2-5-16(24)19-21-18(22-26-19)14-6-7-20-17(13-14)23-9-11-25-12-10-23/h6-7,13,15-16H,1-5,8-12H2/t16-/m0/s1. The van der Waals surface area contributed by atoms with Crippen LogP contribution in [0.1, 0.15) is 44.0 Å². The Hall–Kier alpha value is -1.99. The Bertz CT molecular complexity index is 754. The molecule has 0 bridgehead atoms. The summed E-state index contributed by atoms with van der Waals surface area (Å²) in [6, 6.07) is 5.02. The summed E-state index contributed by atoms with van der Waals surface area (Å²) in [6.45, 7) is 4.39. The predicted octanol–water partition coefficient (Wildman–Crippen LogP) is 2.66. The van der Waals surface area contributed by atoms with E-state index < -0.39 is 0 Å². The first kappa shape index (κ1) is 16.2. The highest BCUT2D eigenvalue weighted by molar-refractivity contribution is 5.59. The SMILES string of the molecule is c1cc(-c2noc([C@@H]3CCCN3C3CCC3)n2)cc(N2CCOCC2)n1. The number of anilines is 1. The van der Waals surface area contributed by atoms with E-state index >= 15 is 0 Å². The number of hydrogen-bond donors (Lipinski definition) is 0. The monoisotopic (exact) mass is 355 g/mol. The van der Waals surface area contributed by atoms with Crippen LogP contribution in [0, 0.1) is 0 Å². The minimum atomic E-state index is 0.294. The molecule has 0 spiro atoms. The van der Waals surface area contributed by atoms with Crippen molar-refractivity contribution >= 4 is 5.82 Å². The van der Waals surface area contributed by atoms with Crippen molar-refractivity contribution in [2.75, 3.05) is 37.7 Å². The Labute approximate surface area is 153 Å². The molecular weight excluding hydrogens is 330 g/mol. The molecule has 2 aromatic heterocycles. The lowest BCUT2D eigenvalue weighted by Crippen LogP contribution is -2.39. The van der Waals surface area contributed by atoms with Crippen molar-refractivity contribution in [2.24, 2.45) is 0 Å². The molecule has 26 heavy (non-hydrogen) atoms. The summed E-state index contributed by atoms with van der Waals surface area (Å²) in [5, 5.41) is 4.27. The maximum atomic E-state index is 5.68. The average Bonchev–Trinajstić information content (AvgIpc) is 3.31. The smallest absolute Gasteiger partial charge is 0.244 e. The van der Waals surface area contributed by atoms with Crippen molar-refractivity contribution in [1.29, 1.82) is 0 Å². The summed E-state index contributed by atoms with van der Waals surface area (Å²) in [4.78, 5) is 14.1. The Morgan fingerprint density at radius 3 is 2.73 bits per heavy atom. The molecule has 138 valence electrons. The molecule has 3 fully saturated rings. The number of ether oxygens (including phenoxy) is 1. The number of aromatic nitrogens is 3. The van der Waals surface area contributed by atoms with Crippen LogP contribution in [0.5, 0.6) is 0 Å². The molecule has 1 aliphatic carbocycles. The van der Waals surface area contributed by atoms with E-state index in [0.717, 1.165) is 56.5 Å². The van der Waals surface area contributed by atoms with Gasteiger partial charge in [0, 0.05) is 30.9 Å². The summed E-state index contributed by atoms with van der Waals surface area (Å²) in [5.74, 6) is 2.39. The molecule has 0 aromatic carbocycles. The van der Waals surface area contributed by atoms with Gasteiger partial charge in [-0.1, -0.05) is 11.6 Å². The van der Waals surface area contributed by atoms with Gasteiger partial charge < -0.3 is 14.2 Å². The molecule has 7 nitrogen and oxygen atoms in total. The van der Waals surface area contributed by atoms with Crippen LogP contribution in [-0.4, -0.2) is 58.9 Å². The fraction of sp³-hybridized carbons (Fsp3) is 0.632. The van der Waals surface area contributed by atoms with E-state index in [2.05, 4.69) is 26.0 Å². The maximum absolute atomic E-state index is 5.68. The third-order valence-electron chi connectivity index (χ3n) is 5.90. The molecule has 7 heteroatoms. The fourth-order valence-corrected chi connectivity index (χ4v) is 4.22. The molecule has 1 atom stereocenters. The minimum Gasteiger partial charge on any atom is -0.378 e. The number of morpholine rings is 1. The molecule has 2 aliphatic heterocycles. The molecule has 0 unspecified atom stereocenters. The van der Waals surface area contributed by atoms with E-state index in [1.54, 1.807) is 0 Å². The summed E-state index contributed by atoms with van der Waals surface area (Å²) in [7, 11) is 0. The third kappa shape index (κ3) is 2.99. The lowest BCUT2D eigenvalue weighted by Gasteiger charge is -2.37. The van der Waals surface area contributed by atoms with Gasteiger partial charge in [0.1, 0.15) is 5.82 Å². The van der Waals surface area contributed by atoms with Gasteiger partial charge in [-0.05, 0) is 44.4 Å². The topological polar surface area (TPSA) is 67.5 Å². The summed E-state index contributed by atoms with van der Waals surface area (Å²) >= 11 is 0. The van der Waals surface area contributed by atoms with Gasteiger partial charge in [-0.25, -0.2) is 4.98 Å². The molecule has 5 rings (SSSR count). The highest BCUT2D eigenvalue weighted by Crippen LogP contribution is 2.39. The molecule has 3 aliphatic rings. The Balaban J connectivity index is 1.36. The molecule has 1 saturated carbocycles. The van der Waals surface area contributed by atoms with Gasteiger partial charge in [0.2, 0.25) is 11.7 Å². The maximum Gasteiger partial charge on any atom is 0.244 e. The molecule has 0 radical (unpaired) electrons. The number of nitrogens with zero attached hydrogens (tertiary/aromatic N) is 5. The Kier molecular flexibility index (Phi) is 4.34. The lowest BCUT2D eigenvalue weighted by molar-refractivity contribution is 0.0966. The van der Waals surface area contributed by atoms with Crippen molar-refractivity contribution in [3.8, 4) is 11.4 Å². The van der Waals surface area contributed by atoms with Crippen LogP contribution < -0.4 is 4.90 Å². The zero-order valence-corrected chi connectivity index (χ0v) is 15.0. The predicted molar refractivity (Wildman–Crippen MR) is 96.9 cm³/mol. The van der Waals surface area contributed by atoms with Crippen LogP contribution in [0.25, 0.3) is 11.4 Å². The molecule has 2 aromatic rings. The lowest BCUT2D eigenvalue weighted by atomic mass is 9.91. The van der Waals surface area contributed by atoms with Gasteiger partial charge in [0.05, 0.1) is 19.3 Å². The Morgan fingerprint density at radius 1 is 1.04 bits per heavy atom. The van der Waals surface area contributed by atoms with E-state index in [1.807, 2.05) is 12.3 Å². The third-order valence-corrected chi connectivity index (χ3v) is 5.90. The molecule has 2 saturated heterocycles. The first-order chi connectivity index (χ1) is 12.9. The number of rotatable bonds is 4. The van der Waals surface area contributed by atoms with Gasteiger partial charge in [0.15, 0.2) is 0 Å². The van der Waals surface area contributed by atoms with Gasteiger partial charge in [-0.3, -0.25) is 4.90 Å². The highest BCUT2D eigenvalue weighted by Gasteiger charge is 2.37. The van der Waals surface area contributed by atoms with Crippen molar-refractivity contribution in [3.63, 3.8) is 0 Å². The average molecular weight is 355 g/mol. The number of pyridine rings is 1. The second kappa shape index (κ2) is 6.96. The summed E-state index contributed by atoms with van der Waals surface area (Å²) in [5.41, 5.74) is 0.963. The van der Waals surface area contributed by atoms with E-state index in [9.17, 15) is 0 Å². The van der Waals surface area contributed by atoms with Crippen LogP contribution in [0.4, 0.5) is 5.82 Å². The molecule has 0 N–H and O–H groups in total. The van der Waals surface area contributed by atoms with Gasteiger partial charge in [0.25, 0.3) is 0 Å². The van der Waals surface area contributed by atoms with E-state index in [1.165, 1.54) is 25.7 Å². The zero-order valence-electron chi connectivity index (χ0n) is 15.0. The van der Waals surface area contributed by atoms with Gasteiger partial charge in [-0.2, -0.15) is 4.98 Å². The summed E-state index contributed by atoms with van der Waals surface area (Å²) in [6.07, 6.45) is 8.13. The van der Waals surface area contributed by atoms with Crippen LogP contribution in [0.15, 0.2) is 22.9 Å². The fourth-order valence-electron chi connectivity index (χ4n) is 4.22. The number of hydrogen-bond acceptors (Lipinski definition) is 7. The highest BCUT2D eigenvalue weighted by atomic mass is 16.5. The van der Waals surface area contributed by atoms with Gasteiger partial charge in [-0.15, -0.1) is 0 Å². The summed E-state index contributed by atoms with van der Waals surface area (Å²) < 4.78 is 11.1. The van der Waals surface area contributed by atoms with E-state index in [0.29, 0.717) is 17.9 Å². The normalized spacial score (nSPS) is 24.8.